The third kappa shape index (κ3) is 11.6. The van der Waals surface area contributed by atoms with Crippen LogP contribution >= 0.6 is 57.7 Å². The van der Waals surface area contributed by atoms with Crippen molar-refractivity contribution in [3.8, 4) is 5.75 Å². The lowest BCUT2D eigenvalue weighted by molar-refractivity contribution is -0.0333. The van der Waals surface area contributed by atoms with E-state index in [1.54, 1.807) is 19.1 Å². The molecule has 4 heterocycles. The van der Waals surface area contributed by atoms with Crippen LogP contribution in [0.1, 0.15) is 107 Å². The van der Waals surface area contributed by atoms with Crippen molar-refractivity contribution in [1.82, 2.24) is 14.9 Å². The summed E-state index contributed by atoms with van der Waals surface area (Å²) in [7, 11) is -3.95. The van der Waals surface area contributed by atoms with E-state index in [1.807, 2.05) is 54.7 Å². The molecule has 6 atom stereocenters. The molecule has 1 saturated carbocycles. The second kappa shape index (κ2) is 22.3. The molecule has 2 aromatic rings. The molecule has 0 aromatic heterocycles. The molecule has 2 aromatic carbocycles. The fraction of sp³-hybridized carbons (Fsp3) is 0.681. The van der Waals surface area contributed by atoms with Crippen molar-refractivity contribution in [2.24, 2.45) is 17.8 Å². The highest BCUT2D eigenvalue weighted by Gasteiger charge is 2.52. The van der Waals surface area contributed by atoms with E-state index in [2.05, 4.69) is 75.3 Å². The minimum absolute atomic E-state index is 0.0302. The molecule has 1 spiro atoms. The first-order valence-corrected chi connectivity index (χ1v) is 28.3. The number of halogens is 2. The molecule has 0 unspecified atom stereocenters. The Bertz CT molecular complexity index is 1910. The van der Waals surface area contributed by atoms with Crippen LogP contribution in [0.25, 0.3) is 0 Å². The summed E-state index contributed by atoms with van der Waals surface area (Å²) in [5.41, 5.74) is 2.32. The minimum Gasteiger partial charge on any atom is -0.490 e. The van der Waals surface area contributed by atoms with Gasteiger partial charge in [-0.2, -0.15) is 0 Å². The zero-order valence-electron chi connectivity index (χ0n) is 37.0. The first-order valence-electron chi connectivity index (χ1n) is 22.8. The largest absolute Gasteiger partial charge is 0.490 e. The summed E-state index contributed by atoms with van der Waals surface area (Å²) in [6, 6.07) is 12.4. The number of thioether (sulfide) groups is 2. The number of alkyl halides is 1. The second-order valence-electron chi connectivity index (χ2n) is 17.8. The summed E-state index contributed by atoms with van der Waals surface area (Å²) >= 11 is 12.4. The van der Waals surface area contributed by atoms with Gasteiger partial charge in [0.1, 0.15) is 11.4 Å². The number of amides is 1. The number of hydrogen-bond acceptors (Lipinski definition) is 10. The molecule has 2 aliphatic carbocycles. The van der Waals surface area contributed by atoms with Gasteiger partial charge in [0, 0.05) is 35.1 Å². The molecular formula is C47H70ClIN4O5S3. The van der Waals surface area contributed by atoms with Crippen LogP contribution in [0.2, 0.25) is 5.02 Å². The summed E-state index contributed by atoms with van der Waals surface area (Å²) in [5, 5.41) is 16.0. The Morgan fingerprint density at radius 3 is 2.41 bits per heavy atom. The van der Waals surface area contributed by atoms with Crippen LogP contribution in [0.3, 0.4) is 0 Å². The van der Waals surface area contributed by atoms with Gasteiger partial charge in [0.15, 0.2) is 0 Å². The van der Waals surface area contributed by atoms with E-state index in [0.717, 1.165) is 66.8 Å². The average molecular weight is 1030 g/mol. The quantitative estimate of drug-likeness (QED) is 0.156. The van der Waals surface area contributed by atoms with E-state index in [0.29, 0.717) is 31.9 Å². The number of anilines is 1. The van der Waals surface area contributed by atoms with Crippen LogP contribution in [0.4, 0.5) is 5.69 Å². The number of benzene rings is 2. The van der Waals surface area contributed by atoms with Gasteiger partial charge in [-0.05, 0) is 166 Å². The Kier molecular flexibility index (Phi) is 18.0. The molecule has 2 saturated heterocycles. The Morgan fingerprint density at radius 1 is 1.02 bits per heavy atom. The van der Waals surface area contributed by atoms with Crippen molar-refractivity contribution in [3.05, 3.63) is 70.3 Å². The SMILES string of the molecule is CCI.CCN(CC)C1CCNCC1.C[C@@H]1[C@@H](C)C/C=C/[C@@](O)(C2SCCCS2)[C@@H]2CC[C@H]2CN2C[C@@]3(CCCc4cc(Cl)ccc43)COc3ccc(cc32)C(=O)NS1(=O)=O. The number of aliphatic hydroxyl groups is 1. The molecule has 14 heteroatoms. The number of aryl methyl sites for hydroxylation is 1. The lowest BCUT2D eigenvalue weighted by Gasteiger charge is -2.51. The van der Waals surface area contributed by atoms with E-state index in [-0.39, 0.29) is 33.3 Å². The molecule has 61 heavy (non-hydrogen) atoms. The monoisotopic (exact) mass is 1030 g/mol. The normalized spacial score (nSPS) is 31.0. The second-order valence-corrected chi connectivity index (χ2v) is 24.5. The molecule has 4 aliphatic heterocycles. The van der Waals surface area contributed by atoms with Gasteiger partial charge >= 0.3 is 0 Å². The van der Waals surface area contributed by atoms with E-state index in [4.69, 9.17) is 16.3 Å². The number of sulfonamides is 1. The first kappa shape index (κ1) is 49.2. The van der Waals surface area contributed by atoms with Crippen molar-refractivity contribution in [2.45, 2.75) is 119 Å². The van der Waals surface area contributed by atoms with Gasteiger partial charge in [-0.1, -0.05) is 80.1 Å². The summed E-state index contributed by atoms with van der Waals surface area (Å²) < 4.78 is 37.1. The van der Waals surface area contributed by atoms with Crippen LogP contribution in [0, 0.1) is 17.8 Å². The predicted octanol–water partition coefficient (Wildman–Crippen LogP) is 9.33. The smallest absolute Gasteiger partial charge is 0.264 e. The zero-order chi connectivity index (χ0) is 43.8. The summed E-state index contributed by atoms with van der Waals surface area (Å²) in [4.78, 5) is 18.5. The maximum Gasteiger partial charge on any atom is 0.264 e. The molecule has 340 valence electrons. The van der Waals surface area contributed by atoms with Crippen LogP contribution in [0.15, 0.2) is 48.6 Å². The lowest BCUT2D eigenvalue weighted by Crippen LogP contribution is -2.55. The first-order chi connectivity index (χ1) is 29.3. The van der Waals surface area contributed by atoms with Crippen molar-refractivity contribution >= 4 is 79.3 Å². The average Bonchev–Trinajstić information content (AvgIpc) is 3.39. The van der Waals surface area contributed by atoms with Gasteiger partial charge in [-0.3, -0.25) is 4.79 Å². The standard InChI is InChI=1S/C36H45ClN2O5S3.C9H20N2.C2H5I/c1-23-6-3-15-36(41,34-45-16-5-17-46-34)30-11-8-27(30)20-39-21-35(14-4-7-25-18-28(37)10-12-29(25)35)22-44-32-13-9-26(19-31(32)39)33(40)38-47(42,43)24(23)2;1-3-11(4-2)9-5-7-10-8-6-9;1-2-3/h3,9-10,12-13,15,18-19,23-24,27,30,34,41H,4-8,11,14,16-17,20-22H2,1-2H3,(H,38,40);9-10H,3-8H2,1-2H3;2H2,1H3/b15-3+;;/t23-,24+,27-,30+,35-,36-;;/m0../s1. The van der Waals surface area contributed by atoms with E-state index in [1.165, 1.54) is 54.6 Å². The van der Waals surface area contributed by atoms with Gasteiger partial charge in [0.25, 0.3) is 5.91 Å². The highest BCUT2D eigenvalue weighted by molar-refractivity contribution is 14.1. The molecule has 2 bridgehead atoms. The van der Waals surface area contributed by atoms with Crippen molar-refractivity contribution in [2.75, 3.05) is 66.7 Å². The van der Waals surface area contributed by atoms with E-state index in [9.17, 15) is 18.3 Å². The topological polar surface area (TPSA) is 111 Å². The minimum atomic E-state index is -3.95. The van der Waals surface area contributed by atoms with E-state index >= 15 is 0 Å². The Balaban J connectivity index is 0.000000381. The van der Waals surface area contributed by atoms with Gasteiger partial charge in [-0.15, -0.1) is 23.5 Å². The number of fused-ring (bicyclic) bond motifs is 4. The van der Waals surface area contributed by atoms with Crippen molar-refractivity contribution in [3.63, 3.8) is 0 Å². The number of nitrogens with zero attached hydrogens (tertiary/aromatic N) is 2. The molecule has 6 aliphatic rings. The highest BCUT2D eigenvalue weighted by atomic mass is 127. The van der Waals surface area contributed by atoms with Gasteiger partial charge < -0.3 is 25.0 Å². The Morgan fingerprint density at radius 2 is 1.74 bits per heavy atom. The fourth-order valence-electron chi connectivity index (χ4n) is 10.2. The fourth-order valence-corrected chi connectivity index (χ4v) is 14.9. The van der Waals surface area contributed by atoms with Crippen LogP contribution in [-0.4, -0.2) is 108 Å². The summed E-state index contributed by atoms with van der Waals surface area (Å²) in [6.07, 6.45) is 13.2. The molecule has 3 fully saturated rings. The molecule has 9 nitrogen and oxygen atoms in total. The maximum atomic E-state index is 13.5. The highest BCUT2D eigenvalue weighted by Crippen LogP contribution is 2.53. The molecule has 0 radical (unpaired) electrons. The third-order valence-electron chi connectivity index (χ3n) is 14.0. The number of rotatable bonds is 4. The number of piperidine rings is 1. The number of allylic oxidation sites excluding steroid dienone is 1. The lowest BCUT2D eigenvalue weighted by atomic mass is 9.64. The van der Waals surface area contributed by atoms with Crippen LogP contribution < -0.4 is 19.7 Å². The van der Waals surface area contributed by atoms with Gasteiger partial charge in [0.2, 0.25) is 10.0 Å². The number of carbonyl (C=O) groups excluding carboxylic acids is 1. The Labute approximate surface area is 394 Å². The molecule has 3 N–H and O–H groups in total. The van der Waals surface area contributed by atoms with Crippen molar-refractivity contribution < 1.29 is 23.1 Å². The van der Waals surface area contributed by atoms with Gasteiger partial charge in [0.05, 0.1) is 22.1 Å². The molecule has 8 rings (SSSR count). The van der Waals surface area contributed by atoms with Crippen LogP contribution in [0.5, 0.6) is 5.75 Å². The molecular weight excluding hydrogens is 959 g/mol. The predicted molar refractivity (Wildman–Crippen MR) is 267 cm³/mol. The number of ether oxygens (including phenoxy) is 1. The molecule has 1 amide bonds. The summed E-state index contributed by atoms with van der Waals surface area (Å²) in [6.45, 7) is 16.9. The van der Waals surface area contributed by atoms with Gasteiger partial charge in [-0.25, -0.2) is 13.1 Å². The summed E-state index contributed by atoms with van der Waals surface area (Å²) in [5.74, 6) is 2.18. The van der Waals surface area contributed by atoms with E-state index < -0.39 is 26.8 Å². The number of hydrogen-bond donors (Lipinski definition) is 3. The number of carbonyl (C=O) groups is 1. The van der Waals surface area contributed by atoms with Crippen molar-refractivity contribution in [1.29, 1.82) is 0 Å². The number of nitrogens with one attached hydrogen (secondary N) is 2. The Hall–Kier alpha value is -1.20. The maximum absolute atomic E-state index is 13.5. The van der Waals surface area contributed by atoms with Crippen LogP contribution in [-0.2, 0) is 21.9 Å². The third-order valence-corrected chi connectivity index (χ3v) is 19.4. The zero-order valence-corrected chi connectivity index (χ0v) is 42.3.